The predicted molar refractivity (Wildman–Crippen MR) is 63.2 cm³/mol. The molecular formula is C11H12ClF3N2O. The molecule has 0 saturated carbocycles. The molecule has 0 aliphatic carbocycles. The van der Waals surface area contributed by atoms with Crippen LogP contribution in [-0.2, 0) is 4.79 Å². The van der Waals surface area contributed by atoms with Gasteiger partial charge in [-0.15, -0.1) is 12.4 Å². The van der Waals surface area contributed by atoms with Gasteiger partial charge in [-0.1, -0.05) is 0 Å². The highest BCUT2D eigenvalue weighted by Gasteiger charge is 2.23. The zero-order valence-corrected chi connectivity index (χ0v) is 10.1. The molecule has 1 aliphatic rings. The van der Waals surface area contributed by atoms with E-state index in [2.05, 4.69) is 10.6 Å². The summed E-state index contributed by atoms with van der Waals surface area (Å²) in [7, 11) is 0. The van der Waals surface area contributed by atoms with Crippen molar-refractivity contribution in [3.05, 3.63) is 29.6 Å². The van der Waals surface area contributed by atoms with Gasteiger partial charge in [-0.3, -0.25) is 4.79 Å². The summed E-state index contributed by atoms with van der Waals surface area (Å²) in [4.78, 5) is 11.6. The summed E-state index contributed by atoms with van der Waals surface area (Å²) in [6.45, 7) is 0.721. The Bertz CT molecular complexity index is 450. The summed E-state index contributed by atoms with van der Waals surface area (Å²) >= 11 is 0. The summed E-state index contributed by atoms with van der Waals surface area (Å²) in [6, 6.07) is 0.646. The third kappa shape index (κ3) is 3.14. The van der Waals surface area contributed by atoms with Gasteiger partial charge < -0.3 is 10.6 Å². The minimum atomic E-state index is -1.28. The summed E-state index contributed by atoms with van der Waals surface area (Å²) in [6.07, 6.45) is 1.51. The van der Waals surface area contributed by atoms with E-state index in [9.17, 15) is 18.0 Å². The van der Waals surface area contributed by atoms with E-state index in [0.717, 1.165) is 13.0 Å². The van der Waals surface area contributed by atoms with Gasteiger partial charge in [-0.25, -0.2) is 13.2 Å². The van der Waals surface area contributed by atoms with Crippen molar-refractivity contribution in [1.82, 2.24) is 5.32 Å². The maximum Gasteiger partial charge on any atom is 0.241 e. The van der Waals surface area contributed by atoms with Gasteiger partial charge in [-0.05, 0) is 19.4 Å². The Morgan fingerprint density at radius 2 is 1.89 bits per heavy atom. The fourth-order valence-corrected chi connectivity index (χ4v) is 1.75. The molecule has 1 saturated heterocycles. The molecule has 0 aromatic heterocycles. The van der Waals surface area contributed by atoms with Gasteiger partial charge in [0.05, 0.1) is 11.7 Å². The predicted octanol–water partition coefficient (Wildman–Crippen LogP) is 2.22. The summed E-state index contributed by atoms with van der Waals surface area (Å²) in [5, 5.41) is 5.16. The molecule has 1 aromatic carbocycles. The van der Waals surface area contributed by atoms with Crippen molar-refractivity contribution >= 4 is 24.0 Å². The van der Waals surface area contributed by atoms with Crippen LogP contribution in [0.3, 0.4) is 0 Å². The largest absolute Gasteiger partial charge is 0.322 e. The highest BCUT2D eigenvalue weighted by atomic mass is 35.5. The van der Waals surface area contributed by atoms with Crippen LogP contribution in [0.1, 0.15) is 12.8 Å². The highest BCUT2D eigenvalue weighted by Crippen LogP contribution is 2.19. The standard InChI is InChI=1S/C11H11F3N2O.ClH/c12-6-4-8(14)10(5-7(6)13)16-11(17)9-2-1-3-15-9;/h4-5,9,15H,1-3H2,(H,16,17);1H. The maximum absolute atomic E-state index is 13.2. The van der Waals surface area contributed by atoms with E-state index in [1.54, 1.807) is 0 Å². The second-order valence-electron chi connectivity index (χ2n) is 3.88. The Balaban J connectivity index is 0.00000162. The molecule has 0 bridgehead atoms. The van der Waals surface area contributed by atoms with Crippen molar-refractivity contribution < 1.29 is 18.0 Å². The number of hydrogen-bond acceptors (Lipinski definition) is 2. The normalized spacial score (nSPS) is 18.3. The fraction of sp³-hybridized carbons (Fsp3) is 0.364. The number of hydrogen-bond donors (Lipinski definition) is 2. The Morgan fingerprint density at radius 3 is 2.50 bits per heavy atom. The number of amides is 1. The second kappa shape index (κ2) is 6.06. The van der Waals surface area contributed by atoms with E-state index in [-0.39, 0.29) is 18.1 Å². The lowest BCUT2D eigenvalue weighted by atomic mass is 10.2. The molecule has 100 valence electrons. The van der Waals surface area contributed by atoms with Crippen LogP contribution >= 0.6 is 12.4 Å². The van der Waals surface area contributed by atoms with Crippen LogP contribution in [0.15, 0.2) is 12.1 Å². The number of rotatable bonds is 2. The van der Waals surface area contributed by atoms with Gasteiger partial charge in [0.2, 0.25) is 5.91 Å². The van der Waals surface area contributed by atoms with Gasteiger partial charge >= 0.3 is 0 Å². The molecule has 2 rings (SSSR count). The summed E-state index contributed by atoms with van der Waals surface area (Å²) < 4.78 is 38.8. The van der Waals surface area contributed by atoms with Crippen LogP contribution in [0, 0.1) is 17.5 Å². The average Bonchev–Trinajstić information content (AvgIpc) is 2.79. The van der Waals surface area contributed by atoms with Crippen LogP contribution in [0.2, 0.25) is 0 Å². The lowest BCUT2D eigenvalue weighted by molar-refractivity contribution is -0.117. The van der Waals surface area contributed by atoms with Crippen LogP contribution in [0.5, 0.6) is 0 Å². The van der Waals surface area contributed by atoms with Crippen molar-refractivity contribution in [2.24, 2.45) is 0 Å². The van der Waals surface area contributed by atoms with Gasteiger partial charge in [0.25, 0.3) is 0 Å². The third-order valence-electron chi connectivity index (χ3n) is 2.64. The number of carbonyl (C=O) groups is 1. The lowest BCUT2D eigenvalue weighted by Crippen LogP contribution is -2.35. The minimum Gasteiger partial charge on any atom is -0.322 e. The number of halogens is 4. The number of nitrogens with one attached hydrogen (secondary N) is 2. The molecule has 1 heterocycles. The second-order valence-corrected chi connectivity index (χ2v) is 3.88. The Morgan fingerprint density at radius 1 is 1.22 bits per heavy atom. The van der Waals surface area contributed by atoms with Gasteiger partial charge in [0.15, 0.2) is 11.6 Å². The van der Waals surface area contributed by atoms with Crippen LogP contribution in [0.25, 0.3) is 0 Å². The zero-order chi connectivity index (χ0) is 12.4. The fourth-order valence-electron chi connectivity index (χ4n) is 1.75. The number of carbonyl (C=O) groups excluding carboxylic acids is 1. The molecule has 2 N–H and O–H groups in total. The molecule has 1 atom stereocenters. The minimum absolute atomic E-state index is 0. The molecule has 0 spiro atoms. The molecule has 1 fully saturated rings. The first-order valence-corrected chi connectivity index (χ1v) is 5.26. The Kier molecular flexibility index (Phi) is 4.98. The molecule has 1 aliphatic heterocycles. The van der Waals surface area contributed by atoms with E-state index >= 15 is 0 Å². The summed E-state index contributed by atoms with van der Waals surface area (Å²) in [5.74, 6) is -3.90. The van der Waals surface area contributed by atoms with Gasteiger partial charge in [0.1, 0.15) is 5.82 Å². The zero-order valence-electron chi connectivity index (χ0n) is 9.30. The van der Waals surface area contributed by atoms with Gasteiger partial charge in [-0.2, -0.15) is 0 Å². The molecule has 7 heteroatoms. The highest BCUT2D eigenvalue weighted by molar-refractivity contribution is 5.95. The van der Waals surface area contributed by atoms with E-state index < -0.39 is 29.4 Å². The van der Waals surface area contributed by atoms with Crippen molar-refractivity contribution in [3.63, 3.8) is 0 Å². The molecular weight excluding hydrogens is 269 g/mol. The van der Waals surface area contributed by atoms with E-state index in [1.165, 1.54) is 0 Å². The average molecular weight is 281 g/mol. The first-order chi connectivity index (χ1) is 8.08. The SMILES string of the molecule is Cl.O=C(Nc1cc(F)c(F)cc1F)C1CCCN1. The van der Waals surface area contributed by atoms with Crippen molar-refractivity contribution in [2.45, 2.75) is 18.9 Å². The monoisotopic (exact) mass is 280 g/mol. The third-order valence-corrected chi connectivity index (χ3v) is 2.64. The van der Waals surface area contributed by atoms with Crippen molar-refractivity contribution in [3.8, 4) is 0 Å². The molecule has 1 unspecified atom stereocenters. The first kappa shape index (κ1) is 14.8. The molecule has 3 nitrogen and oxygen atoms in total. The van der Waals surface area contributed by atoms with Gasteiger partial charge in [0, 0.05) is 12.1 Å². The van der Waals surface area contributed by atoms with E-state index in [1.807, 2.05) is 0 Å². The summed E-state index contributed by atoms with van der Waals surface area (Å²) in [5.41, 5.74) is -0.345. The number of benzene rings is 1. The Hall–Kier alpha value is -1.27. The van der Waals surface area contributed by atoms with E-state index in [0.29, 0.717) is 18.6 Å². The van der Waals surface area contributed by atoms with Crippen LogP contribution in [0.4, 0.5) is 18.9 Å². The van der Waals surface area contributed by atoms with Crippen LogP contribution < -0.4 is 10.6 Å². The topological polar surface area (TPSA) is 41.1 Å². The molecule has 0 radical (unpaired) electrons. The molecule has 18 heavy (non-hydrogen) atoms. The van der Waals surface area contributed by atoms with Crippen molar-refractivity contribution in [1.29, 1.82) is 0 Å². The van der Waals surface area contributed by atoms with Crippen molar-refractivity contribution in [2.75, 3.05) is 11.9 Å². The quantitative estimate of drug-likeness (QED) is 0.816. The maximum atomic E-state index is 13.2. The Labute approximate surface area is 108 Å². The first-order valence-electron chi connectivity index (χ1n) is 5.26. The van der Waals surface area contributed by atoms with E-state index in [4.69, 9.17) is 0 Å². The smallest absolute Gasteiger partial charge is 0.241 e. The number of anilines is 1. The molecule has 1 amide bonds. The molecule has 1 aromatic rings. The lowest BCUT2D eigenvalue weighted by Gasteiger charge is -2.11. The van der Waals surface area contributed by atoms with Crippen LogP contribution in [-0.4, -0.2) is 18.5 Å².